The molecule has 0 saturated carbocycles. The second-order valence-corrected chi connectivity index (χ2v) is 5.13. The van der Waals surface area contributed by atoms with Crippen LogP contribution in [-0.4, -0.2) is 25.8 Å². The Morgan fingerprint density at radius 1 is 1.39 bits per heavy atom. The van der Waals surface area contributed by atoms with Gasteiger partial charge in [-0.15, -0.1) is 0 Å². The summed E-state index contributed by atoms with van der Waals surface area (Å²) in [5.41, 5.74) is 1.29. The molecule has 0 aromatic carbocycles. The molecule has 5 nitrogen and oxygen atoms in total. The number of carbonyl (C=O) groups is 1. The minimum Gasteiger partial charge on any atom is -0.478 e. The van der Waals surface area contributed by atoms with E-state index < -0.39 is 5.97 Å². The van der Waals surface area contributed by atoms with Crippen molar-refractivity contribution in [3.8, 4) is 5.82 Å². The van der Waals surface area contributed by atoms with Crippen molar-refractivity contribution >= 4 is 5.97 Å². The minimum absolute atomic E-state index is 0.0144. The Labute approximate surface area is 105 Å². The van der Waals surface area contributed by atoms with Gasteiger partial charge in [-0.2, -0.15) is 5.10 Å². The molecule has 0 fully saturated rings. The SMILES string of the molecule is CC(C)(C)c1ccnc(-n2cc(C(=O)O)cn2)c1. The average Bonchev–Trinajstić information content (AvgIpc) is 2.77. The third kappa shape index (κ3) is 2.40. The fourth-order valence-electron chi connectivity index (χ4n) is 1.57. The molecule has 1 N–H and O–H groups in total. The maximum Gasteiger partial charge on any atom is 0.338 e. The molecule has 2 aromatic rings. The number of hydrogen-bond donors (Lipinski definition) is 1. The normalized spacial score (nSPS) is 11.5. The van der Waals surface area contributed by atoms with Crippen LogP contribution in [0.1, 0.15) is 36.7 Å². The van der Waals surface area contributed by atoms with Crippen LogP contribution in [0.15, 0.2) is 30.7 Å². The zero-order valence-corrected chi connectivity index (χ0v) is 10.6. The van der Waals surface area contributed by atoms with Gasteiger partial charge in [-0.25, -0.2) is 14.5 Å². The van der Waals surface area contributed by atoms with Gasteiger partial charge in [0.1, 0.15) is 0 Å². The molecule has 0 unspecified atom stereocenters. The lowest BCUT2D eigenvalue weighted by molar-refractivity contribution is 0.0697. The summed E-state index contributed by atoms with van der Waals surface area (Å²) in [5.74, 6) is -0.372. The van der Waals surface area contributed by atoms with Crippen molar-refractivity contribution in [3.05, 3.63) is 41.9 Å². The van der Waals surface area contributed by atoms with Gasteiger partial charge < -0.3 is 5.11 Å². The van der Waals surface area contributed by atoms with Crippen molar-refractivity contribution in [2.24, 2.45) is 0 Å². The van der Waals surface area contributed by atoms with Crippen LogP contribution in [0, 0.1) is 0 Å². The number of carboxylic acids is 1. The number of hydrogen-bond acceptors (Lipinski definition) is 3. The second kappa shape index (κ2) is 4.25. The van der Waals surface area contributed by atoms with Gasteiger partial charge in [-0.1, -0.05) is 20.8 Å². The summed E-state index contributed by atoms with van der Waals surface area (Å²) in [6.07, 6.45) is 4.48. The highest BCUT2D eigenvalue weighted by Gasteiger charge is 2.15. The highest BCUT2D eigenvalue weighted by atomic mass is 16.4. The first kappa shape index (κ1) is 12.3. The summed E-state index contributed by atoms with van der Waals surface area (Å²) < 4.78 is 1.47. The van der Waals surface area contributed by atoms with Gasteiger partial charge in [0, 0.05) is 12.4 Å². The van der Waals surface area contributed by atoms with Gasteiger partial charge in [-0.05, 0) is 23.1 Å². The van der Waals surface area contributed by atoms with E-state index in [0.717, 1.165) is 5.56 Å². The third-order valence-corrected chi connectivity index (χ3v) is 2.68. The molecule has 2 heterocycles. The number of aromatic carboxylic acids is 1. The summed E-state index contributed by atoms with van der Waals surface area (Å²) in [5, 5.41) is 12.9. The second-order valence-electron chi connectivity index (χ2n) is 5.13. The number of aromatic nitrogens is 3. The Morgan fingerprint density at radius 2 is 2.11 bits per heavy atom. The highest BCUT2D eigenvalue weighted by molar-refractivity contribution is 5.86. The largest absolute Gasteiger partial charge is 0.478 e. The number of nitrogens with zero attached hydrogens (tertiary/aromatic N) is 3. The van der Waals surface area contributed by atoms with Gasteiger partial charge in [-0.3, -0.25) is 0 Å². The Bertz CT molecular complexity index is 582. The van der Waals surface area contributed by atoms with Crippen LogP contribution in [0.25, 0.3) is 5.82 Å². The molecule has 0 radical (unpaired) electrons. The van der Waals surface area contributed by atoms with E-state index in [2.05, 4.69) is 30.9 Å². The molecule has 0 bridgehead atoms. The Kier molecular flexibility index (Phi) is 2.90. The highest BCUT2D eigenvalue weighted by Crippen LogP contribution is 2.22. The maximum absolute atomic E-state index is 10.8. The van der Waals surface area contributed by atoms with Gasteiger partial charge in [0.15, 0.2) is 5.82 Å². The van der Waals surface area contributed by atoms with E-state index in [4.69, 9.17) is 5.11 Å². The lowest BCUT2D eigenvalue weighted by atomic mass is 9.88. The van der Waals surface area contributed by atoms with Gasteiger partial charge in [0.05, 0.1) is 11.8 Å². The molecule has 0 saturated heterocycles. The Morgan fingerprint density at radius 3 is 2.67 bits per heavy atom. The molecule has 18 heavy (non-hydrogen) atoms. The molecule has 0 atom stereocenters. The molecule has 5 heteroatoms. The molecule has 2 aromatic heterocycles. The van der Waals surface area contributed by atoms with Crippen molar-refractivity contribution in [1.29, 1.82) is 0 Å². The predicted octanol–water partition coefficient (Wildman–Crippen LogP) is 2.26. The van der Waals surface area contributed by atoms with E-state index in [1.165, 1.54) is 17.1 Å². The first-order valence-corrected chi connectivity index (χ1v) is 5.63. The lowest BCUT2D eigenvalue weighted by Gasteiger charge is -2.19. The van der Waals surface area contributed by atoms with Crippen LogP contribution in [0.4, 0.5) is 0 Å². The lowest BCUT2D eigenvalue weighted by Crippen LogP contribution is -2.12. The quantitative estimate of drug-likeness (QED) is 0.881. The third-order valence-electron chi connectivity index (χ3n) is 2.68. The number of carboxylic acid groups (broad SMARTS) is 1. The average molecular weight is 245 g/mol. The first-order chi connectivity index (χ1) is 8.38. The predicted molar refractivity (Wildman–Crippen MR) is 67.0 cm³/mol. The van der Waals surface area contributed by atoms with Crippen molar-refractivity contribution in [2.45, 2.75) is 26.2 Å². The van der Waals surface area contributed by atoms with Crippen LogP contribution in [-0.2, 0) is 5.41 Å². The van der Waals surface area contributed by atoms with Gasteiger partial charge in [0.25, 0.3) is 0 Å². The fourth-order valence-corrected chi connectivity index (χ4v) is 1.57. The van der Waals surface area contributed by atoms with Crippen molar-refractivity contribution < 1.29 is 9.90 Å². The Balaban J connectivity index is 2.41. The molecule has 0 amide bonds. The maximum atomic E-state index is 10.8. The van der Waals surface area contributed by atoms with Gasteiger partial charge >= 0.3 is 5.97 Å². The standard InChI is InChI=1S/C13H15N3O2/c1-13(2,3)10-4-5-14-11(6-10)16-8-9(7-15-16)12(17)18/h4-8H,1-3H3,(H,17,18). The Hall–Kier alpha value is -2.17. The summed E-state index contributed by atoms with van der Waals surface area (Å²) in [4.78, 5) is 15.0. The van der Waals surface area contributed by atoms with E-state index in [9.17, 15) is 4.79 Å². The molecule has 0 spiro atoms. The van der Waals surface area contributed by atoms with Gasteiger partial charge in [0.2, 0.25) is 0 Å². The molecule has 0 aliphatic carbocycles. The zero-order valence-electron chi connectivity index (χ0n) is 10.6. The topological polar surface area (TPSA) is 68.0 Å². The summed E-state index contributed by atoms with van der Waals surface area (Å²) in [6, 6.07) is 3.86. The monoisotopic (exact) mass is 245 g/mol. The molecule has 0 aliphatic heterocycles. The van der Waals surface area contributed by atoms with Crippen LogP contribution in [0.3, 0.4) is 0 Å². The number of pyridine rings is 1. The van der Waals surface area contributed by atoms with E-state index in [1.807, 2.05) is 12.1 Å². The van der Waals surface area contributed by atoms with Crippen LogP contribution >= 0.6 is 0 Å². The van der Waals surface area contributed by atoms with Crippen LogP contribution in [0.5, 0.6) is 0 Å². The van der Waals surface area contributed by atoms with Crippen molar-refractivity contribution in [1.82, 2.24) is 14.8 Å². The van der Waals surface area contributed by atoms with Crippen LogP contribution < -0.4 is 0 Å². The minimum atomic E-state index is -0.992. The fraction of sp³-hybridized carbons (Fsp3) is 0.308. The molecule has 2 rings (SSSR count). The van der Waals surface area contributed by atoms with E-state index in [0.29, 0.717) is 5.82 Å². The first-order valence-electron chi connectivity index (χ1n) is 5.63. The number of rotatable bonds is 2. The van der Waals surface area contributed by atoms with Crippen LogP contribution in [0.2, 0.25) is 0 Å². The zero-order chi connectivity index (χ0) is 13.3. The van der Waals surface area contributed by atoms with E-state index in [1.54, 1.807) is 6.20 Å². The molecule has 94 valence electrons. The molecular weight excluding hydrogens is 230 g/mol. The molecule has 0 aliphatic rings. The molecular formula is C13H15N3O2. The van der Waals surface area contributed by atoms with Crippen molar-refractivity contribution in [3.63, 3.8) is 0 Å². The smallest absolute Gasteiger partial charge is 0.338 e. The van der Waals surface area contributed by atoms with Crippen molar-refractivity contribution in [2.75, 3.05) is 0 Å². The summed E-state index contributed by atoms with van der Waals surface area (Å²) in [7, 11) is 0. The summed E-state index contributed by atoms with van der Waals surface area (Å²) >= 11 is 0. The van der Waals surface area contributed by atoms with E-state index in [-0.39, 0.29) is 11.0 Å². The summed E-state index contributed by atoms with van der Waals surface area (Å²) in [6.45, 7) is 6.33. The van der Waals surface area contributed by atoms with E-state index >= 15 is 0 Å².